The summed E-state index contributed by atoms with van der Waals surface area (Å²) < 4.78 is 20.0. The lowest BCUT2D eigenvalue weighted by Gasteiger charge is -2.13. The number of fused-ring (bicyclic) bond motifs is 1. The van der Waals surface area contributed by atoms with Crippen molar-refractivity contribution in [3.8, 4) is 16.8 Å². The van der Waals surface area contributed by atoms with Crippen LogP contribution in [0.3, 0.4) is 0 Å². The Labute approximate surface area is 198 Å². The minimum Gasteiger partial charge on any atom is -0.383 e. The number of ether oxygens (including phenoxy) is 1. The third kappa shape index (κ3) is 5.00. The van der Waals surface area contributed by atoms with Crippen molar-refractivity contribution in [2.75, 3.05) is 26.0 Å². The van der Waals surface area contributed by atoms with E-state index in [1.807, 2.05) is 37.3 Å². The molecule has 2 aromatic carbocycles. The van der Waals surface area contributed by atoms with Crippen molar-refractivity contribution in [3.05, 3.63) is 75.6 Å². The molecular formula is C24H22FN3O3S2. The second kappa shape index (κ2) is 10.3. The number of rotatable bonds is 8. The van der Waals surface area contributed by atoms with Crippen LogP contribution in [0.4, 0.5) is 4.39 Å². The van der Waals surface area contributed by atoms with Crippen LogP contribution in [0.2, 0.25) is 0 Å². The number of benzene rings is 2. The topological polar surface area (TPSA) is 73.2 Å². The number of aromatic nitrogens is 2. The maximum absolute atomic E-state index is 13.8. The summed E-state index contributed by atoms with van der Waals surface area (Å²) in [5.74, 6) is -0.387. The zero-order chi connectivity index (χ0) is 23.4. The van der Waals surface area contributed by atoms with Gasteiger partial charge in [0.15, 0.2) is 5.16 Å². The second-order valence-electron chi connectivity index (χ2n) is 7.22. The first kappa shape index (κ1) is 23.2. The quantitative estimate of drug-likeness (QED) is 0.228. The van der Waals surface area contributed by atoms with Crippen LogP contribution in [0.1, 0.15) is 4.88 Å². The fourth-order valence-corrected chi connectivity index (χ4v) is 5.41. The van der Waals surface area contributed by atoms with Crippen molar-refractivity contribution >= 4 is 39.2 Å². The number of thiophene rings is 1. The normalized spacial score (nSPS) is 11.1. The van der Waals surface area contributed by atoms with E-state index in [2.05, 4.69) is 5.32 Å². The molecule has 0 aliphatic carbocycles. The standard InChI is InChI=1S/C24H22FN3O3S2/c1-15-20(16-8-10-17(25)11-9-16)21-22(33-15)27-24(32-14-19(29)26-12-13-31-2)28(23(21)30)18-6-4-3-5-7-18/h3-11H,12-14H2,1-2H3,(H,26,29). The number of nitrogens with one attached hydrogen (secondary N) is 1. The number of hydrogen-bond donors (Lipinski definition) is 1. The number of thioether (sulfide) groups is 1. The number of amides is 1. The van der Waals surface area contributed by atoms with Crippen LogP contribution < -0.4 is 10.9 Å². The molecule has 1 amide bonds. The molecule has 0 aliphatic rings. The van der Waals surface area contributed by atoms with Gasteiger partial charge in [-0.15, -0.1) is 11.3 Å². The Kier molecular flexibility index (Phi) is 7.22. The average molecular weight is 484 g/mol. The molecule has 170 valence electrons. The minimum atomic E-state index is -0.335. The summed E-state index contributed by atoms with van der Waals surface area (Å²) in [6.07, 6.45) is 0. The van der Waals surface area contributed by atoms with Crippen molar-refractivity contribution in [1.82, 2.24) is 14.9 Å². The van der Waals surface area contributed by atoms with Crippen molar-refractivity contribution in [3.63, 3.8) is 0 Å². The first-order valence-electron chi connectivity index (χ1n) is 10.3. The number of carbonyl (C=O) groups excluding carboxylic acids is 1. The van der Waals surface area contributed by atoms with E-state index in [0.29, 0.717) is 34.2 Å². The Bertz CT molecular complexity index is 1340. The molecular weight excluding hydrogens is 461 g/mol. The van der Waals surface area contributed by atoms with Gasteiger partial charge in [0, 0.05) is 24.1 Å². The number of nitrogens with zero attached hydrogens (tertiary/aromatic N) is 2. The zero-order valence-electron chi connectivity index (χ0n) is 18.1. The van der Waals surface area contributed by atoms with E-state index >= 15 is 0 Å². The zero-order valence-corrected chi connectivity index (χ0v) is 19.8. The minimum absolute atomic E-state index is 0.115. The highest BCUT2D eigenvalue weighted by Crippen LogP contribution is 2.37. The smallest absolute Gasteiger partial charge is 0.268 e. The number of carbonyl (C=O) groups is 1. The Morgan fingerprint density at radius 3 is 2.61 bits per heavy atom. The predicted octanol–water partition coefficient (Wildman–Crippen LogP) is 4.42. The highest BCUT2D eigenvalue weighted by atomic mass is 32.2. The van der Waals surface area contributed by atoms with Gasteiger partial charge in [0.1, 0.15) is 10.6 Å². The van der Waals surface area contributed by atoms with Gasteiger partial charge in [0.05, 0.1) is 23.4 Å². The molecule has 0 fully saturated rings. The lowest BCUT2D eigenvalue weighted by Crippen LogP contribution is -2.29. The van der Waals surface area contributed by atoms with E-state index in [0.717, 1.165) is 16.0 Å². The van der Waals surface area contributed by atoms with E-state index in [-0.39, 0.29) is 23.0 Å². The van der Waals surface area contributed by atoms with Crippen LogP contribution in [0.15, 0.2) is 64.5 Å². The molecule has 0 saturated heterocycles. The molecule has 1 N–H and O–H groups in total. The molecule has 0 spiro atoms. The fourth-order valence-electron chi connectivity index (χ4n) is 3.48. The monoisotopic (exact) mass is 483 g/mol. The van der Waals surface area contributed by atoms with Gasteiger partial charge in [-0.05, 0) is 36.8 Å². The van der Waals surface area contributed by atoms with E-state index in [1.165, 1.54) is 39.8 Å². The van der Waals surface area contributed by atoms with Crippen molar-refractivity contribution in [1.29, 1.82) is 0 Å². The summed E-state index contributed by atoms with van der Waals surface area (Å²) in [6, 6.07) is 15.3. The molecule has 6 nitrogen and oxygen atoms in total. The lowest BCUT2D eigenvalue weighted by atomic mass is 10.0. The van der Waals surface area contributed by atoms with Gasteiger partial charge in [-0.25, -0.2) is 9.37 Å². The van der Waals surface area contributed by atoms with Gasteiger partial charge in [0.2, 0.25) is 5.91 Å². The van der Waals surface area contributed by atoms with Crippen LogP contribution in [-0.2, 0) is 9.53 Å². The summed E-state index contributed by atoms with van der Waals surface area (Å²) in [5.41, 5.74) is 1.95. The summed E-state index contributed by atoms with van der Waals surface area (Å²) in [6.45, 7) is 2.77. The maximum atomic E-state index is 13.8. The third-order valence-corrected chi connectivity index (χ3v) is 6.92. The van der Waals surface area contributed by atoms with Crippen LogP contribution in [0.25, 0.3) is 27.0 Å². The second-order valence-corrected chi connectivity index (χ2v) is 9.37. The van der Waals surface area contributed by atoms with Gasteiger partial charge in [-0.2, -0.15) is 0 Å². The van der Waals surface area contributed by atoms with Crippen LogP contribution in [0, 0.1) is 12.7 Å². The molecule has 0 radical (unpaired) electrons. The summed E-state index contributed by atoms with van der Waals surface area (Å²) >= 11 is 2.62. The number of methoxy groups -OCH3 is 1. The maximum Gasteiger partial charge on any atom is 0.268 e. The van der Waals surface area contributed by atoms with Crippen LogP contribution in [0.5, 0.6) is 0 Å². The fraction of sp³-hybridized carbons (Fsp3) is 0.208. The molecule has 4 rings (SSSR count). The Morgan fingerprint density at radius 1 is 1.18 bits per heavy atom. The summed E-state index contributed by atoms with van der Waals surface area (Å²) in [5, 5.41) is 3.70. The Morgan fingerprint density at radius 2 is 1.91 bits per heavy atom. The van der Waals surface area contributed by atoms with E-state index in [4.69, 9.17) is 9.72 Å². The van der Waals surface area contributed by atoms with Crippen LogP contribution in [-0.4, -0.2) is 41.5 Å². The highest BCUT2D eigenvalue weighted by Gasteiger charge is 2.21. The number of hydrogen-bond acceptors (Lipinski definition) is 6. The summed E-state index contributed by atoms with van der Waals surface area (Å²) in [7, 11) is 1.57. The molecule has 0 atom stereocenters. The molecule has 0 aliphatic heterocycles. The van der Waals surface area contributed by atoms with Crippen molar-refractivity contribution in [2.45, 2.75) is 12.1 Å². The van der Waals surface area contributed by atoms with Crippen molar-refractivity contribution < 1.29 is 13.9 Å². The summed E-state index contributed by atoms with van der Waals surface area (Å²) in [4.78, 5) is 32.3. The molecule has 0 unspecified atom stereocenters. The molecule has 0 saturated carbocycles. The molecule has 9 heteroatoms. The molecule has 2 heterocycles. The van der Waals surface area contributed by atoms with Gasteiger partial charge < -0.3 is 10.1 Å². The van der Waals surface area contributed by atoms with E-state index in [9.17, 15) is 14.0 Å². The van der Waals surface area contributed by atoms with Crippen molar-refractivity contribution in [2.24, 2.45) is 0 Å². The molecule has 0 bridgehead atoms. The number of halogens is 1. The number of para-hydroxylation sites is 1. The molecule has 2 aromatic heterocycles. The highest BCUT2D eigenvalue weighted by molar-refractivity contribution is 7.99. The molecule has 33 heavy (non-hydrogen) atoms. The third-order valence-electron chi connectivity index (χ3n) is 4.98. The number of aryl methyl sites for hydroxylation is 1. The SMILES string of the molecule is COCCNC(=O)CSc1nc2sc(C)c(-c3ccc(F)cc3)c2c(=O)n1-c1ccccc1. The van der Waals surface area contributed by atoms with Gasteiger partial charge in [-0.3, -0.25) is 14.2 Å². The van der Waals surface area contributed by atoms with E-state index in [1.54, 1.807) is 19.2 Å². The lowest BCUT2D eigenvalue weighted by molar-refractivity contribution is -0.118. The average Bonchev–Trinajstić information content (AvgIpc) is 3.15. The first-order chi connectivity index (χ1) is 16.0. The van der Waals surface area contributed by atoms with Crippen LogP contribution >= 0.6 is 23.1 Å². The van der Waals surface area contributed by atoms with Gasteiger partial charge in [-0.1, -0.05) is 42.1 Å². The predicted molar refractivity (Wildman–Crippen MR) is 131 cm³/mol. The Hall–Kier alpha value is -3.01. The van der Waals surface area contributed by atoms with E-state index < -0.39 is 0 Å². The first-order valence-corrected chi connectivity index (χ1v) is 12.1. The van der Waals surface area contributed by atoms with Gasteiger partial charge in [0.25, 0.3) is 5.56 Å². The Balaban J connectivity index is 1.82. The largest absolute Gasteiger partial charge is 0.383 e. The van der Waals surface area contributed by atoms with Gasteiger partial charge >= 0.3 is 0 Å². The molecule has 4 aromatic rings.